The maximum Gasteiger partial charge on any atom is 0.347 e. The lowest BCUT2D eigenvalue weighted by atomic mass is 9.86. The lowest BCUT2D eigenvalue weighted by Crippen LogP contribution is -2.67. The molecule has 2 bridgehead atoms. The number of ether oxygens (including phenoxy) is 7. The van der Waals surface area contributed by atoms with Crippen LogP contribution in [0.3, 0.4) is 0 Å². The van der Waals surface area contributed by atoms with Crippen LogP contribution in [0.25, 0.3) is 0 Å². The molecule has 0 aliphatic carbocycles. The Morgan fingerprint density at radius 3 is 1.83 bits per heavy atom. The monoisotopic (exact) mass is 742 g/mol. The standard InChI is InChI=1S/C43H41ClF2O7/c1-2-47-36-21-18-30(19-22-36)24-34-25-35(20-23-37(34)44)43-40(50-28-33-16-10-5-11-17-33)38(48-26-31-12-6-3-7-13-31)39(49-27-32-14-8-4-9-15-32)42(53-43,29-51-43)52-41(45)46/h3-23,25,38-41H,2,24,26-29H2,1H3/t38-,39-,40+,42-,43-/m0/s1. The summed E-state index contributed by atoms with van der Waals surface area (Å²) in [4.78, 5) is 0. The molecule has 7 rings (SSSR count). The number of hydrogen-bond donors (Lipinski definition) is 0. The maximum atomic E-state index is 14.5. The third-order valence-electron chi connectivity index (χ3n) is 9.41. The van der Waals surface area contributed by atoms with Crippen molar-refractivity contribution in [2.24, 2.45) is 0 Å². The Balaban J connectivity index is 1.31. The molecule has 0 radical (unpaired) electrons. The predicted octanol–water partition coefficient (Wildman–Crippen LogP) is 9.23. The number of benzene rings is 5. The first-order chi connectivity index (χ1) is 25.9. The van der Waals surface area contributed by atoms with Crippen molar-refractivity contribution in [3.8, 4) is 5.75 Å². The van der Waals surface area contributed by atoms with Crippen molar-refractivity contribution in [1.29, 1.82) is 0 Å². The molecule has 5 aromatic rings. The fourth-order valence-electron chi connectivity index (χ4n) is 6.92. The fraction of sp³-hybridized carbons (Fsp3) is 0.302. The Kier molecular flexibility index (Phi) is 11.8. The molecule has 0 aromatic heterocycles. The zero-order valence-corrected chi connectivity index (χ0v) is 30.0. The van der Waals surface area contributed by atoms with E-state index in [9.17, 15) is 8.78 Å². The summed E-state index contributed by atoms with van der Waals surface area (Å²) in [7, 11) is 0. The molecule has 276 valence electrons. The molecular formula is C43H41ClF2O7. The Bertz CT molecular complexity index is 1900. The minimum Gasteiger partial charge on any atom is -0.494 e. The molecule has 7 nitrogen and oxygen atoms in total. The smallest absolute Gasteiger partial charge is 0.347 e. The molecule has 0 N–H and O–H groups in total. The Hall–Kier alpha value is -4.19. The van der Waals surface area contributed by atoms with Crippen LogP contribution in [0, 0.1) is 0 Å². The van der Waals surface area contributed by atoms with Crippen LogP contribution in [-0.4, -0.2) is 43.9 Å². The van der Waals surface area contributed by atoms with Gasteiger partial charge in [0.25, 0.3) is 0 Å². The van der Waals surface area contributed by atoms with E-state index in [1.54, 1.807) is 12.1 Å². The topological polar surface area (TPSA) is 64.6 Å². The molecule has 2 aliphatic heterocycles. The summed E-state index contributed by atoms with van der Waals surface area (Å²) < 4.78 is 73.3. The second-order valence-electron chi connectivity index (χ2n) is 13.0. The third-order valence-corrected chi connectivity index (χ3v) is 9.78. The zero-order chi connectivity index (χ0) is 36.7. The van der Waals surface area contributed by atoms with E-state index in [-0.39, 0.29) is 26.4 Å². The summed E-state index contributed by atoms with van der Waals surface area (Å²) in [5, 5.41) is 0.519. The normalized spacial score (nSPS) is 23.7. The highest BCUT2D eigenvalue weighted by Gasteiger charge is 2.71. The van der Waals surface area contributed by atoms with Crippen LogP contribution in [0.2, 0.25) is 5.02 Å². The van der Waals surface area contributed by atoms with E-state index in [1.807, 2.05) is 128 Å². The zero-order valence-electron chi connectivity index (χ0n) is 29.2. The van der Waals surface area contributed by atoms with Gasteiger partial charge in [-0.15, -0.1) is 0 Å². The number of hydrogen-bond acceptors (Lipinski definition) is 7. The Labute approximate surface area is 313 Å². The van der Waals surface area contributed by atoms with Gasteiger partial charge in [-0.1, -0.05) is 121 Å². The Morgan fingerprint density at radius 2 is 1.26 bits per heavy atom. The minimum absolute atomic E-state index is 0.0694. The van der Waals surface area contributed by atoms with Crippen LogP contribution in [0.5, 0.6) is 5.75 Å². The third kappa shape index (κ3) is 8.47. The second-order valence-corrected chi connectivity index (χ2v) is 13.4. The molecule has 2 aliphatic rings. The molecule has 2 heterocycles. The van der Waals surface area contributed by atoms with Gasteiger partial charge in [0.05, 0.1) is 26.4 Å². The van der Waals surface area contributed by atoms with Gasteiger partial charge in [-0.25, -0.2) is 0 Å². The minimum atomic E-state index is -3.21. The van der Waals surface area contributed by atoms with E-state index in [1.165, 1.54) is 0 Å². The summed E-state index contributed by atoms with van der Waals surface area (Å²) in [5.41, 5.74) is 4.86. The van der Waals surface area contributed by atoms with E-state index in [2.05, 4.69) is 0 Å². The molecule has 0 amide bonds. The highest BCUT2D eigenvalue weighted by Crippen LogP contribution is 2.54. The van der Waals surface area contributed by atoms with Gasteiger partial charge >= 0.3 is 6.61 Å². The summed E-state index contributed by atoms with van der Waals surface area (Å²) in [6.07, 6.45) is -2.76. The van der Waals surface area contributed by atoms with E-state index in [4.69, 9.17) is 44.8 Å². The SMILES string of the molecule is CCOc1ccc(Cc2cc([C@]34OC[C@](OC(F)F)(O3)[C@@H](OCc3ccccc3)[C@H](OCc3ccccc3)[C@H]4OCc3ccccc3)ccc2Cl)cc1. The van der Waals surface area contributed by atoms with Crippen molar-refractivity contribution in [1.82, 2.24) is 0 Å². The number of halogens is 3. The van der Waals surface area contributed by atoms with Crippen molar-refractivity contribution < 1.29 is 41.9 Å². The van der Waals surface area contributed by atoms with Crippen LogP contribution in [0.1, 0.15) is 40.3 Å². The average Bonchev–Trinajstić information content (AvgIpc) is 3.52. The highest BCUT2D eigenvalue weighted by atomic mass is 35.5. The van der Waals surface area contributed by atoms with E-state index < -0.39 is 36.5 Å². The van der Waals surface area contributed by atoms with Gasteiger partial charge in [0.15, 0.2) is 0 Å². The quantitative estimate of drug-likeness (QED) is 0.0999. The first-order valence-electron chi connectivity index (χ1n) is 17.6. The summed E-state index contributed by atoms with van der Waals surface area (Å²) in [5.74, 6) is -3.05. The first kappa shape index (κ1) is 37.1. The fourth-order valence-corrected chi connectivity index (χ4v) is 7.10. The molecule has 2 fully saturated rings. The molecular weight excluding hydrogens is 702 g/mol. The van der Waals surface area contributed by atoms with Gasteiger partial charge in [-0.2, -0.15) is 8.78 Å². The predicted molar refractivity (Wildman–Crippen MR) is 195 cm³/mol. The second kappa shape index (κ2) is 16.9. The molecule has 5 aromatic carbocycles. The Morgan fingerprint density at radius 1 is 0.698 bits per heavy atom. The van der Waals surface area contributed by atoms with Gasteiger partial charge < -0.3 is 28.4 Å². The van der Waals surface area contributed by atoms with Crippen molar-refractivity contribution >= 4 is 11.6 Å². The van der Waals surface area contributed by atoms with Gasteiger partial charge in [-0.05, 0) is 65.4 Å². The molecule has 5 atom stereocenters. The lowest BCUT2D eigenvalue weighted by molar-refractivity contribution is -0.419. The van der Waals surface area contributed by atoms with Crippen molar-refractivity contribution in [2.75, 3.05) is 13.2 Å². The van der Waals surface area contributed by atoms with Crippen LogP contribution in [-0.2, 0) is 60.4 Å². The summed E-state index contributed by atoms with van der Waals surface area (Å²) in [6, 6.07) is 41.8. The van der Waals surface area contributed by atoms with Gasteiger partial charge in [0.2, 0.25) is 11.6 Å². The van der Waals surface area contributed by atoms with Gasteiger partial charge in [-0.3, -0.25) is 4.74 Å². The van der Waals surface area contributed by atoms with Gasteiger partial charge in [0, 0.05) is 10.6 Å². The first-order valence-corrected chi connectivity index (χ1v) is 18.0. The molecule has 10 heteroatoms. The van der Waals surface area contributed by atoms with Crippen molar-refractivity contribution in [3.63, 3.8) is 0 Å². The van der Waals surface area contributed by atoms with Gasteiger partial charge in [0.1, 0.15) is 30.7 Å². The summed E-state index contributed by atoms with van der Waals surface area (Å²) in [6.45, 7) is -0.755. The van der Waals surface area contributed by atoms with Crippen molar-refractivity contribution in [2.45, 2.75) is 69.7 Å². The van der Waals surface area contributed by atoms with E-state index in [0.29, 0.717) is 23.6 Å². The van der Waals surface area contributed by atoms with Crippen LogP contribution >= 0.6 is 11.6 Å². The number of fused-ring (bicyclic) bond motifs is 2. The molecule has 0 spiro atoms. The summed E-state index contributed by atoms with van der Waals surface area (Å²) >= 11 is 6.80. The molecule has 0 unspecified atom stereocenters. The van der Waals surface area contributed by atoms with Crippen molar-refractivity contribution in [3.05, 3.63) is 172 Å². The van der Waals surface area contributed by atoms with Crippen LogP contribution in [0.15, 0.2) is 133 Å². The van der Waals surface area contributed by atoms with Crippen LogP contribution < -0.4 is 4.74 Å². The molecule has 53 heavy (non-hydrogen) atoms. The molecule has 0 saturated carbocycles. The van der Waals surface area contributed by atoms with E-state index in [0.717, 1.165) is 33.6 Å². The largest absolute Gasteiger partial charge is 0.494 e. The number of rotatable bonds is 16. The van der Waals surface area contributed by atoms with E-state index >= 15 is 0 Å². The molecule has 2 saturated heterocycles. The number of alkyl halides is 2. The van der Waals surface area contributed by atoms with Crippen LogP contribution in [0.4, 0.5) is 8.78 Å². The lowest BCUT2D eigenvalue weighted by Gasteiger charge is -2.50. The maximum absolute atomic E-state index is 14.5. The highest BCUT2D eigenvalue weighted by molar-refractivity contribution is 6.31. The average molecular weight is 743 g/mol.